The fourth-order valence-corrected chi connectivity index (χ4v) is 2.31. The summed E-state index contributed by atoms with van der Waals surface area (Å²) in [5.41, 5.74) is 1.81. The van der Waals surface area contributed by atoms with Gasteiger partial charge in [-0.25, -0.2) is 0 Å². The van der Waals surface area contributed by atoms with Gasteiger partial charge >= 0.3 is 0 Å². The van der Waals surface area contributed by atoms with Gasteiger partial charge in [0.2, 0.25) is 0 Å². The maximum absolute atomic E-state index is 9.79. The maximum atomic E-state index is 9.79. The highest BCUT2D eigenvalue weighted by atomic mass is 16.5. The highest BCUT2D eigenvalue weighted by Crippen LogP contribution is 2.29. The quantitative estimate of drug-likeness (QED) is 0.688. The first-order valence-corrected chi connectivity index (χ1v) is 7.46. The van der Waals surface area contributed by atoms with Crippen molar-refractivity contribution in [1.29, 1.82) is 0 Å². The third kappa shape index (κ3) is 4.40. The normalized spacial score (nSPS) is 12.1. The lowest BCUT2D eigenvalue weighted by molar-refractivity contribution is 0.122. The summed E-state index contributed by atoms with van der Waals surface area (Å²) in [7, 11) is 0. The number of hydrogen-bond acceptors (Lipinski definition) is 4. The van der Waals surface area contributed by atoms with Gasteiger partial charge in [-0.05, 0) is 49.4 Å². The molecule has 3 N–H and O–H groups in total. The molecule has 0 fully saturated rings. The van der Waals surface area contributed by atoms with Gasteiger partial charge in [0, 0.05) is 0 Å². The summed E-state index contributed by atoms with van der Waals surface area (Å²) < 4.78 is 5.60. The molecule has 0 aromatic heterocycles. The molecule has 4 nitrogen and oxygen atoms in total. The second kappa shape index (κ2) is 7.71. The standard InChI is InChI=1S/C18H22O4/c1-13(19)12-22-17-11-3-2-6-14(17)7-4-8-15-9-5-10-16(20)18(15)21/h2-3,5-6,9-11,13,19-21H,4,7-8,12H2,1H3. The number of hydrogen-bond donors (Lipinski definition) is 3. The minimum absolute atomic E-state index is 0.0406. The number of benzene rings is 2. The summed E-state index contributed by atoms with van der Waals surface area (Å²) in [6.07, 6.45) is 1.79. The van der Waals surface area contributed by atoms with E-state index < -0.39 is 6.10 Å². The molecule has 0 aliphatic carbocycles. The van der Waals surface area contributed by atoms with Crippen LogP contribution in [0.5, 0.6) is 17.2 Å². The Kier molecular flexibility index (Phi) is 5.67. The smallest absolute Gasteiger partial charge is 0.160 e. The molecular weight excluding hydrogens is 280 g/mol. The Bertz CT molecular complexity index is 608. The zero-order valence-electron chi connectivity index (χ0n) is 12.7. The molecule has 0 amide bonds. The molecular formula is C18H22O4. The lowest BCUT2D eigenvalue weighted by atomic mass is 10.0. The van der Waals surface area contributed by atoms with Crippen LogP contribution in [0.4, 0.5) is 0 Å². The lowest BCUT2D eigenvalue weighted by Crippen LogP contribution is -2.13. The fourth-order valence-electron chi connectivity index (χ4n) is 2.31. The summed E-state index contributed by atoms with van der Waals surface area (Å²) in [6, 6.07) is 12.8. The van der Waals surface area contributed by atoms with Crippen molar-refractivity contribution >= 4 is 0 Å². The van der Waals surface area contributed by atoms with Gasteiger partial charge in [-0.2, -0.15) is 0 Å². The highest BCUT2D eigenvalue weighted by Gasteiger charge is 2.08. The van der Waals surface area contributed by atoms with Crippen LogP contribution >= 0.6 is 0 Å². The molecule has 2 aromatic rings. The van der Waals surface area contributed by atoms with E-state index >= 15 is 0 Å². The van der Waals surface area contributed by atoms with E-state index in [4.69, 9.17) is 4.74 Å². The molecule has 0 bridgehead atoms. The first kappa shape index (κ1) is 16.2. The van der Waals surface area contributed by atoms with Gasteiger partial charge in [0.1, 0.15) is 12.4 Å². The number of para-hydroxylation sites is 2. The summed E-state index contributed by atoms with van der Waals surface area (Å²) in [6.45, 7) is 1.96. The minimum Gasteiger partial charge on any atom is -0.504 e. The Morgan fingerprint density at radius 1 is 0.955 bits per heavy atom. The highest BCUT2D eigenvalue weighted by molar-refractivity contribution is 5.44. The number of aliphatic hydroxyl groups is 1. The molecule has 2 aromatic carbocycles. The molecule has 0 heterocycles. The number of phenols is 2. The molecule has 22 heavy (non-hydrogen) atoms. The van der Waals surface area contributed by atoms with E-state index in [9.17, 15) is 15.3 Å². The minimum atomic E-state index is -0.503. The van der Waals surface area contributed by atoms with E-state index in [1.165, 1.54) is 6.07 Å². The number of phenolic OH excluding ortho intramolecular Hbond substituents is 2. The van der Waals surface area contributed by atoms with E-state index in [0.717, 1.165) is 29.7 Å². The van der Waals surface area contributed by atoms with Gasteiger partial charge in [0.05, 0.1) is 6.10 Å². The van der Waals surface area contributed by atoms with Crippen molar-refractivity contribution in [3.63, 3.8) is 0 Å². The van der Waals surface area contributed by atoms with Crippen LogP contribution in [0.3, 0.4) is 0 Å². The van der Waals surface area contributed by atoms with Gasteiger partial charge < -0.3 is 20.1 Å². The van der Waals surface area contributed by atoms with Crippen LogP contribution in [0.15, 0.2) is 42.5 Å². The molecule has 0 radical (unpaired) electrons. The second-order valence-electron chi connectivity index (χ2n) is 5.41. The number of aliphatic hydroxyl groups excluding tert-OH is 1. The van der Waals surface area contributed by atoms with Crippen molar-refractivity contribution in [3.05, 3.63) is 53.6 Å². The Morgan fingerprint density at radius 2 is 1.64 bits per heavy atom. The monoisotopic (exact) mass is 302 g/mol. The third-order valence-corrected chi connectivity index (χ3v) is 3.44. The molecule has 1 unspecified atom stereocenters. The van der Waals surface area contributed by atoms with Crippen LogP contribution in [0.1, 0.15) is 24.5 Å². The summed E-state index contributed by atoms with van der Waals surface area (Å²) in [5.74, 6) is 0.655. The summed E-state index contributed by atoms with van der Waals surface area (Å²) in [5, 5.41) is 28.6. The molecule has 0 saturated carbocycles. The molecule has 118 valence electrons. The summed E-state index contributed by atoms with van der Waals surface area (Å²) >= 11 is 0. The topological polar surface area (TPSA) is 69.9 Å². The molecule has 0 aliphatic rings. The number of aryl methyl sites for hydroxylation is 2. The van der Waals surface area contributed by atoms with Crippen LogP contribution in [0, 0.1) is 0 Å². The predicted octanol–water partition coefficient (Wildman–Crippen LogP) is 3.03. The molecule has 0 saturated heterocycles. The Labute approximate surface area is 130 Å². The second-order valence-corrected chi connectivity index (χ2v) is 5.41. The van der Waals surface area contributed by atoms with Crippen molar-refractivity contribution in [2.75, 3.05) is 6.61 Å². The lowest BCUT2D eigenvalue weighted by Gasteiger charge is -2.13. The van der Waals surface area contributed by atoms with Crippen molar-refractivity contribution in [2.24, 2.45) is 0 Å². The van der Waals surface area contributed by atoms with Crippen molar-refractivity contribution < 1.29 is 20.1 Å². The third-order valence-electron chi connectivity index (χ3n) is 3.44. The van der Waals surface area contributed by atoms with E-state index in [-0.39, 0.29) is 18.1 Å². The Balaban J connectivity index is 1.95. The molecule has 0 aliphatic heterocycles. The van der Waals surface area contributed by atoms with Gasteiger partial charge in [0.25, 0.3) is 0 Å². The van der Waals surface area contributed by atoms with Crippen LogP contribution in [0.2, 0.25) is 0 Å². The zero-order valence-corrected chi connectivity index (χ0v) is 12.7. The molecule has 4 heteroatoms. The van der Waals surface area contributed by atoms with E-state index in [0.29, 0.717) is 6.42 Å². The fraction of sp³-hybridized carbons (Fsp3) is 0.333. The average molecular weight is 302 g/mol. The first-order chi connectivity index (χ1) is 10.6. The van der Waals surface area contributed by atoms with Crippen molar-refractivity contribution in [1.82, 2.24) is 0 Å². The van der Waals surface area contributed by atoms with E-state index in [1.807, 2.05) is 30.3 Å². The number of aromatic hydroxyl groups is 2. The number of rotatable bonds is 7. The van der Waals surface area contributed by atoms with Crippen LogP contribution in [0.25, 0.3) is 0 Å². The summed E-state index contributed by atoms with van der Waals surface area (Å²) in [4.78, 5) is 0. The van der Waals surface area contributed by atoms with Gasteiger partial charge in [-0.15, -0.1) is 0 Å². The molecule has 0 spiro atoms. The average Bonchev–Trinajstić information content (AvgIpc) is 2.50. The maximum Gasteiger partial charge on any atom is 0.160 e. The predicted molar refractivity (Wildman–Crippen MR) is 85.4 cm³/mol. The van der Waals surface area contributed by atoms with Crippen LogP contribution in [-0.2, 0) is 12.8 Å². The Hall–Kier alpha value is -2.20. The van der Waals surface area contributed by atoms with E-state index in [1.54, 1.807) is 13.0 Å². The van der Waals surface area contributed by atoms with Crippen molar-refractivity contribution in [2.45, 2.75) is 32.3 Å². The van der Waals surface area contributed by atoms with Gasteiger partial charge in [-0.1, -0.05) is 30.3 Å². The van der Waals surface area contributed by atoms with Crippen LogP contribution in [-0.4, -0.2) is 28.0 Å². The Morgan fingerprint density at radius 3 is 2.41 bits per heavy atom. The van der Waals surface area contributed by atoms with Crippen LogP contribution < -0.4 is 4.74 Å². The van der Waals surface area contributed by atoms with Crippen molar-refractivity contribution in [3.8, 4) is 17.2 Å². The SMILES string of the molecule is CC(O)COc1ccccc1CCCc1cccc(O)c1O. The largest absolute Gasteiger partial charge is 0.504 e. The molecule has 1 atom stereocenters. The number of ether oxygens (including phenoxy) is 1. The van der Waals surface area contributed by atoms with E-state index in [2.05, 4.69) is 0 Å². The van der Waals surface area contributed by atoms with Gasteiger partial charge in [-0.3, -0.25) is 0 Å². The first-order valence-electron chi connectivity index (χ1n) is 7.46. The zero-order chi connectivity index (χ0) is 15.9. The van der Waals surface area contributed by atoms with Gasteiger partial charge in [0.15, 0.2) is 11.5 Å². The molecule has 2 rings (SSSR count).